The van der Waals surface area contributed by atoms with Crippen molar-refractivity contribution in [3.8, 4) is 0 Å². The SMILES string of the molecule is C[C@@H](O)C[C@H]1CC12CCN(C(=O)OC(C)(C)C)CC2. The summed E-state index contributed by atoms with van der Waals surface area (Å²) in [6.07, 6.45) is 3.86. The van der Waals surface area contributed by atoms with Crippen molar-refractivity contribution < 1.29 is 14.6 Å². The average Bonchev–Trinajstić information content (AvgIpc) is 2.88. The third kappa shape index (κ3) is 3.62. The molecule has 0 radical (unpaired) electrons. The minimum Gasteiger partial charge on any atom is -0.444 e. The number of ether oxygens (including phenoxy) is 1. The lowest BCUT2D eigenvalue weighted by Crippen LogP contribution is -2.42. The van der Waals surface area contributed by atoms with Crippen molar-refractivity contribution in [3.05, 3.63) is 0 Å². The highest BCUT2D eigenvalue weighted by Gasteiger charge is 2.55. The Hall–Kier alpha value is -0.770. The molecule has 0 aromatic rings. The van der Waals surface area contributed by atoms with Crippen LogP contribution in [0, 0.1) is 11.3 Å². The largest absolute Gasteiger partial charge is 0.444 e. The summed E-state index contributed by atoms with van der Waals surface area (Å²) >= 11 is 0. The molecule has 2 fully saturated rings. The minimum absolute atomic E-state index is 0.185. The first-order valence-corrected chi connectivity index (χ1v) is 7.38. The lowest BCUT2D eigenvalue weighted by molar-refractivity contribution is 0.0160. The molecule has 0 unspecified atom stereocenters. The summed E-state index contributed by atoms with van der Waals surface area (Å²) in [7, 11) is 0. The molecule has 110 valence electrons. The number of rotatable bonds is 2. The van der Waals surface area contributed by atoms with E-state index < -0.39 is 5.60 Å². The zero-order valence-corrected chi connectivity index (χ0v) is 12.6. The van der Waals surface area contributed by atoms with E-state index in [9.17, 15) is 9.90 Å². The average molecular weight is 269 g/mol. The molecule has 1 aliphatic carbocycles. The van der Waals surface area contributed by atoms with Crippen LogP contribution in [0.15, 0.2) is 0 Å². The van der Waals surface area contributed by atoms with Crippen molar-refractivity contribution in [2.75, 3.05) is 13.1 Å². The molecule has 2 aliphatic rings. The van der Waals surface area contributed by atoms with Gasteiger partial charge >= 0.3 is 6.09 Å². The van der Waals surface area contributed by atoms with Gasteiger partial charge in [-0.15, -0.1) is 0 Å². The lowest BCUT2D eigenvalue weighted by atomic mass is 9.89. The molecule has 1 N–H and O–H groups in total. The molecule has 4 heteroatoms. The normalized spacial score (nSPS) is 27.2. The van der Waals surface area contributed by atoms with Crippen LogP contribution in [0.5, 0.6) is 0 Å². The Morgan fingerprint density at radius 3 is 2.47 bits per heavy atom. The van der Waals surface area contributed by atoms with Crippen molar-refractivity contribution >= 4 is 6.09 Å². The standard InChI is InChI=1S/C15H27NO3/c1-11(17)9-12-10-15(12)5-7-16(8-6-15)13(18)19-14(2,3)4/h11-12,17H,5-10H2,1-4H3/t11-,12+/m1/s1. The van der Waals surface area contributed by atoms with Crippen LogP contribution in [-0.4, -0.2) is 40.9 Å². The number of amides is 1. The topological polar surface area (TPSA) is 49.8 Å². The van der Waals surface area contributed by atoms with Gasteiger partial charge in [0.2, 0.25) is 0 Å². The number of aliphatic hydroxyl groups is 1. The quantitative estimate of drug-likeness (QED) is 0.838. The number of aliphatic hydroxyl groups excluding tert-OH is 1. The van der Waals surface area contributed by atoms with E-state index in [2.05, 4.69) is 0 Å². The van der Waals surface area contributed by atoms with Gasteiger partial charge in [0, 0.05) is 13.1 Å². The maximum atomic E-state index is 12.0. The number of carbonyl (C=O) groups excluding carboxylic acids is 1. The molecule has 0 aromatic carbocycles. The first-order chi connectivity index (χ1) is 8.72. The molecule has 4 nitrogen and oxygen atoms in total. The van der Waals surface area contributed by atoms with Gasteiger partial charge in [0.05, 0.1) is 6.10 Å². The number of likely N-dealkylation sites (tertiary alicyclic amines) is 1. The zero-order valence-electron chi connectivity index (χ0n) is 12.6. The van der Waals surface area contributed by atoms with Crippen LogP contribution in [0.2, 0.25) is 0 Å². The summed E-state index contributed by atoms with van der Waals surface area (Å²) in [4.78, 5) is 13.8. The Bertz CT molecular complexity index is 338. The molecule has 19 heavy (non-hydrogen) atoms. The molecular formula is C15H27NO3. The van der Waals surface area contributed by atoms with Gasteiger partial charge in [-0.25, -0.2) is 4.79 Å². The van der Waals surface area contributed by atoms with Crippen LogP contribution in [0.1, 0.15) is 53.4 Å². The Balaban J connectivity index is 1.79. The molecule has 0 bridgehead atoms. The van der Waals surface area contributed by atoms with Crippen molar-refractivity contribution in [3.63, 3.8) is 0 Å². The number of piperidine rings is 1. The molecule has 1 spiro atoms. The van der Waals surface area contributed by atoms with E-state index in [0.717, 1.165) is 32.4 Å². The molecule has 1 aliphatic heterocycles. The van der Waals surface area contributed by atoms with Gasteiger partial charge in [0.1, 0.15) is 5.60 Å². The fourth-order valence-corrected chi connectivity index (χ4v) is 3.25. The highest BCUT2D eigenvalue weighted by molar-refractivity contribution is 5.68. The van der Waals surface area contributed by atoms with Crippen LogP contribution < -0.4 is 0 Å². The van der Waals surface area contributed by atoms with Crippen LogP contribution in [-0.2, 0) is 4.74 Å². The Kier molecular flexibility index (Phi) is 3.83. The molecule has 0 aromatic heterocycles. The molecule has 1 amide bonds. The van der Waals surface area contributed by atoms with E-state index >= 15 is 0 Å². The van der Waals surface area contributed by atoms with E-state index in [1.165, 1.54) is 6.42 Å². The number of hydrogen-bond donors (Lipinski definition) is 1. The second-order valence-electron chi connectivity index (χ2n) is 7.32. The van der Waals surface area contributed by atoms with Crippen molar-refractivity contribution in [2.45, 2.75) is 65.1 Å². The van der Waals surface area contributed by atoms with E-state index in [4.69, 9.17) is 4.74 Å². The molecule has 1 heterocycles. The van der Waals surface area contributed by atoms with E-state index in [0.29, 0.717) is 11.3 Å². The first-order valence-electron chi connectivity index (χ1n) is 7.38. The van der Waals surface area contributed by atoms with Gasteiger partial charge in [-0.05, 0) is 64.7 Å². The highest BCUT2D eigenvalue weighted by atomic mass is 16.6. The molecular weight excluding hydrogens is 242 g/mol. The van der Waals surface area contributed by atoms with Gasteiger partial charge < -0.3 is 14.7 Å². The predicted octanol–water partition coefficient (Wildman–Crippen LogP) is 2.79. The lowest BCUT2D eigenvalue weighted by Gasteiger charge is -2.34. The molecule has 2 atom stereocenters. The smallest absolute Gasteiger partial charge is 0.410 e. The van der Waals surface area contributed by atoms with Crippen LogP contribution in [0.25, 0.3) is 0 Å². The number of nitrogens with zero attached hydrogens (tertiary/aromatic N) is 1. The molecule has 1 saturated heterocycles. The third-order valence-corrected chi connectivity index (χ3v) is 4.40. The zero-order chi connectivity index (χ0) is 14.3. The van der Waals surface area contributed by atoms with Crippen LogP contribution >= 0.6 is 0 Å². The van der Waals surface area contributed by atoms with Crippen LogP contribution in [0.3, 0.4) is 0 Å². The Morgan fingerprint density at radius 2 is 2.00 bits per heavy atom. The van der Waals surface area contributed by atoms with Gasteiger partial charge in [-0.1, -0.05) is 0 Å². The maximum Gasteiger partial charge on any atom is 0.410 e. The third-order valence-electron chi connectivity index (χ3n) is 4.40. The number of hydrogen-bond acceptors (Lipinski definition) is 3. The summed E-state index contributed by atoms with van der Waals surface area (Å²) in [6, 6.07) is 0. The Morgan fingerprint density at radius 1 is 1.42 bits per heavy atom. The molecule has 2 rings (SSSR count). The van der Waals surface area contributed by atoms with Gasteiger partial charge in [-0.3, -0.25) is 0 Å². The predicted molar refractivity (Wildman–Crippen MR) is 73.9 cm³/mol. The maximum absolute atomic E-state index is 12.0. The van der Waals surface area contributed by atoms with Gasteiger partial charge in [0.15, 0.2) is 0 Å². The second kappa shape index (κ2) is 4.97. The van der Waals surface area contributed by atoms with Gasteiger partial charge in [0.25, 0.3) is 0 Å². The Labute approximate surface area is 116 Å². The fraction of sp³-hybridized carbons (Fsp3) is 0.933. The van der Waals surface area contributed by atoms with E-state index in [1.807, 2.05) is 32.6 Å². The highest BCUT2D eigenvalue weighted by Crippen LogP contribution is 2.61. The summed E-state index contributed by atoms with van der Waals surface area (Å²) in [6.45, 7) is 9.15. The summed E-state index contributed by atoms with van der Waals surface area (Å²) in [5.74, 6) is 0.660. The van der Waals surface area contributed by atoms with Crippen molar-refractivity contribution in [2.24, 2.45) is 11.3 Å². The van der Waals surface area contributed by atoms with Gasteiger partial charge in [-0.2, -0.15) is 0 Å². The van der Waals surface area contributed by atoms with Crippen molar-refractivity contribution in [1.29, 1.82) is 0 Å². The summed E-state index contributed by atoms with van der Waals surface area (Å²) < 4.78 is 5.40. The fourth-order valence-electron chi connectivity index (χ4n) is 3.25. The monoisotopic (exact) mass is 269 g/mol. The molecule has 1 saturated carbocycles. The van der Waals surface area contributed by atoms with Crippen molar-refractivity contribution in [1.82, 2.24) is 4.90 Å². The second-order valence-corrected chi connectivity index (χ2v) is 7.32. The van der Waals surface area contributed by atoms with E-state index in [1.54, 1.807) is 0 Å². The summed E-state index contributed by atoms with van der Waals surface area (Å²) in [5.41, 5.74) is -0.00381. The van der Waals surface area contributed by atoms with E-state index in [-0.39, 0.29) is 12.2 Å². The summed E-state index contributed by atoms with van der Waals surface area (Å²) in [5, 5.41) is 9.46. The van der Waals surface area contributed by atoms with Crippen LogP contribution in [0.4, 0.5) is 4.79 Å². The minimum atomic E-state index is -0.416. The number of carbonyl (C=O) groups is 1. The first kappa shape index (κ1) is 14.6.